The number of carbonyl (C=O) groups is 7. The van der Waals surface area contributed by atoms with Crippen LogP contribution in [0.3, 0.4) is 0 Å². The maximum absolute atomic E-state index is 13.1. The number of ether oxygens (including phenoxy) is 4. The molecule has 6 atom stereocenters. The molecule has 0 saturated carbocycles. The van der Waals surface area contributed by atoms with Crippen molar-refractivity contribution in [3.63, 3.8) is 0 Å². The van der Waals surface area contributed by atoms with E-state index in [4.69, 9.17) is 37.0 Å². The fourth-order valence-electron chi connectivity index (χ4n) is 7.69. The number of Topliss-reactive ketones (excluding diaryl/α,β-unsaturated/α-hetero) is 2. The van der Waals surface area contributed by atoms with E-state index in [1.807, 2.05) is 0 Å². The zero-order valence-electron chi connectivity index (χ0n) is 64.9. The highest BCUT2D eigenvalue weighted by Gasteiger charge is 2.27. The molecule has 0 aliphatic rings. The molecule has 0 bridgehead atoms. The van der Waals surface area contributed by atoms with Crippen LogP contribution in [0, 0.1) is 284 Å². The highest BCUT2D eigenvalue weighted by molar-refractivity contribution is 7.47. The van der Waals surface area contributed by atoms with Crippen LogP contribution in [-0.4, -0.2) is 141 Å². The van der Waals surface area contributed by atoms with Crippen molar-refractivity contribution in [1.29, 1.82) is 0 Å². The smallest absolute Gasteiger partial charge is 0.453 e. The van der Waals surface area contributed by atoms with Crippen molar-refractivity contribution in [2.45, 2.75) is 169 Å². The molecule has 0 heterocycles. The number of unbranched alkanes of at least 4 members (excludes halogenated alkanes) is 8. The third kappa shape index (κ3) is 70.5. The summed E-state index contributed by atoms with van der Waals surface area (Å²) in [5, 5.41) is 9.67. The fraction of sp³-hybridized carbons (Fsp3) is 0.396. The molecule has 0 aliphatic heterocycles. The van der Waals surface area contributed by atoms with Gasteiger partial charge < -0.3 is 50.0 Å². The molecule has 0 aromatic rings. The number of esters is 2. The van der Waals surface area contributed by atoms with E-state index < -0.39 is 134 Å². The van der Waals surface area contributed by atoms with Gasteiger partial charge in [-0.1, -0.05) is 88.9 Å². The van der Waals surface area contributed by atoms with Gasteiger partial charge in [0.05, 0.1) is 77.8 Å². The standard InChI is InChI=1S/C91H80N4O19P2/c1-7-13-19-25-29-33-37-41-45-51-55-61-83(96)75-87(98)94-81(77-107-71-67-85(63-57-49-23-17-11-5)113-89(100)65-59-53-47-43-39-35-31-27-21-15-9-3)79-111-115(103,104)109-73-69-92-91(102)93-70-74-110-116(105,106)112-80-82(95-88(99)76-84(97)62-56-52-46-42-38-34-30-26-20-14-8-2)78-108-72-68-86(64-58-50-24-18-12-6)114-90(101)66-60-54-48-44-40-36-32-28-22-16-10-4/h81-82,85-86H,11-12,17-18,23-24,49-50,57-58,63-64,67-80H2,1-6H3,(H,94,98)(H,95,99)(H,103,104)(H,105,106)(H2,92,93,102)/t81-,82-,85-,86-/m1/s1. The molecule has 0 fully saturated rings. The second-order valence-corrected chi connectivity index (χ2v) is 24.7. The molecule has 4 amide bonds. The van der Waals surface area contributed by atoms with Crippen molar-refractivity contribution in [3.8, 4) is 284 Å². The summed E-state index contributed by atoms with van der Waals surface area (Å²) in [4.78, 5) is 111. The van der Waals surface area contributed by atoms with Crippen LogP contribution in [-0.2, 0) is 74.9 Å². The van der Waals surface area contributed by atoms with Gasteiger partial charge in [0, 0.05) is 37.8 Å². The second kappa shape index (κ2) is 73.8. The summed E-state index contributed by atoms with van der Waals surface area (Å²) in [5.41, 5.74) is 0. The molecule has 0 aliphatic carbocycles. The normalized spacial score (nSPS) is 10.3. The molecule has 2 unspecified atom stereocenters. The lowest BCUT2D eigenvalue weighted by Crippen LogP contribution is -2.42. The number of urea groups is 1. The average Bonchev–Trinajstić information content (AvgIpc) is 0.909. The molecule has 0 aromatic heterocycles. The van der Waals surface area contributed by atoms with E-state index >= 15 is 0 Å². The van der Waals surface area contributed by atoms with Gasteiger partial charge in [0.25, 0.3) is 0 Å². The van der Waals surface area contributed by atoms with E-state index in [9.17, 15) is 52.5 Å². The third-order valence-electron chi connectivity index (χ3n) is 12.6. The predicted octanol–water partition coefficient (Wildman–Crippen LogP) is 4.96. The van der Waals surface area contributed by atoms with E-state index in [-0.39, 0.29) is 39.3 Å². The Morgan fingerprint density at radius 1 is 0.319 bits per heavy atom. The summed E-state index contributed by atoms with van der Waals surface area (Å²) in [6.45, 7) is 6.31. The average molecular weight is 1600 g/mol. The lowest BCUT2D eigenvalue weighted by molar-refractivity contribution is -0.144. The number of nitrogens with one attached hydrogen (secondary N) is 4. The number of rotatable bonds is 44. The maximum Gasteiger partial charge on any atom is 0.472 e. The van der Waals surface area contributed by atoms with E-state index in [0.717, 1.165) is 51.4 Å². The fourth-order valence-corrected chi connectivity index (χ4v) is 9.22. The SMILES string of the molecule is CC#CC#CC#CC#CC#CC#CC(=O)CC(=O)N[C@H](COCC[C@@H](CCCCCCC)OC(=O)C#CC#CC#CC#CC#CC#CC)COP(=O)(O)OCCNC(=O)NCCOP(=O)(O)OC[C@@H](COCC[C@@H](CCCCCCC)OC(=O)C#CC#CC#CC#CC#CC#CC)NC(=O)CC(=O)C#CC#CC#CC#CC#CC#CC. The number of phosphoric acid groups is 2. The zero-order chi connectivity index (χ0) is 85.2. The minimum absolute atomic E-state index is 0.0641. The molecular weight excluding hydrogens is 1510 g/mol. The summed E-state index contributed by atoms with van der Waals surface area (Å²) in [7, 11) is -9.92. The van der Waals surface area contributed by atoms with Crippen LogP contribution in [0.1, 0.15) is 144 Å². The maximum atomic E-state index is 13.1. The van der Waals surface area contributed by atoms with Gasteiger partial charge in [0.2, 0.25) is 23.4 Å². The lowest BCUT2D eigenvalue weighted by atomic mass is 10.1. The third-order valence-corrected chi connectivity index (χ3v) is 14.6. The van der Waals surface area contributed by atoms with Gasteiger partial charge >= 0.3 is 33.6 Å². The van der Waals surface area contributed by atoms with Crippen LogP contribution in [0.4, 0.5) is 4.79 Å². The van der Waals surface area contributed by atoms with Crippen molar-refractivity contribution in [1.82, 2.24) is 21.3 Å². The van der Waals surface area contributed by atoms with Gasteiger partial charge in [-0.15, -0.1) is 0 Å². The Hall–Kier alpha value is -13.9. The molecule has 25 heteroatoms. The van der Waals surface area contributed by atoms with Gasteiger partial charge in [-0.25, -0.2) is 23.5 Å². The first kappa shape index (κ1) is 102. The molecular formula is C91H80N4O19P2. The zero-order valence-corrected chi connectivity index (χ0v) is 66.7. The number of amides is 4. The Morgan fingerprint density at radius 2 is 0.586 bits per heavy atom. The molecule has 23 nitrogen and oxygen atoms in total. The molecule has 0 saturated heterocycles. The Morgan fingerprint density at radius 3 is 0.871 bits per heavy atom. The summed E-state index contributed by atoms with van der Waals surface area (Å²) >= 11 is 0. The highest BCUT2D eigenvalue weighted by atomic mass is 31.2. The molecule has 0 aromatic carbocycles. The number of carbonyl (C=O) groups excluding carboxylic acids is 7. The molecule has 0 radical (unpaired) electrons. The Labute approximate surface area is 682 Å². The minimum Gasteiger partial charge on any atom is -0.453 e. The molecule has 116 heavy (non-hydrogen) atoms. The Kier molecular flexibility index (Phi) is 65.0. The van der Waals surface area contributed by atoms with Crippen LogP contribution in [0.2, 0.25) is 0 Å². The predicted molar refractivity (Wildman–Crippen MR) is 435 cm³/mol. The number of phosphoric ester groups is 2. The minimum atomic E-state index is -4.96. The first-order chi connectivity index (χ1) is 56.3. The first-order valence-electron chi connectivity index (χ1n) is 35.5. The summed E-state index contributed by atoms with van der Waals surface area (Å²) in [6, 6.07) is -3.30. The van der Waals surface area contributed by atoms with Crippen molar-refractivity contribution >= 4 is 57.0 Å². The molecule has 0 rings (SSSR count). The van der Waals surface area contributed by atoms with E-state index in [1.165, 1.54) is 0 Å². The van der Waals surface area contributed by atoms with Crippen molar-refractivity contribution in [2.75, 3.05) is 65.9 Å². The Bertz CT molecular complexity index is 4890. The van der Waals surface area contributed by atoms with Gasteiger partial charge in [-0.05, 0) is 302 Å². The topological polar surface area (TPSA) is 316 Å². The van der Waals surface area contributed by atoms with Crippen LogP contribution in [0.5, 0.6) is 0 Å². The van der Waals surface area contributed by atoms with Gasteiger partial charge in [0.15, 0.2) is 0 Å². The van der Waals surface area contributed by atoms with Crippen molar-refractivity contribution < 1.29 is 89.5 Å². The van der Waals surface area contributed by atoms with E-state index in [2.05, 4.69) is 319 Å². The monoisotopic (exact) mass is 1590 g/mol. The Balaban J connectivity index is 6.19. The molecule has 6 N–H and O–H groups in total. The van der Waals surface area contributed by atoms with Crippen LogP contribution >= 0.6 is 15.6 Å². The quantitative estimate of drug-likeness (QED) is 0.00893. The van der Waals surface area contributed by atoms with E-state index in [1.54, 1.807) is 27.7 Å². The second-order valence-electron chi connectivity index (χ2n) is 21.8. The van der Waals surface area contributed by atoms with Crippen molar-refractivity contribution in [2.24, 2.45) is 0 Å². The van der Waals surface area contributed by atoms with Gasteiger partial charge in [-0.2, -0.15) is 0 Å². The van der Waals surface area contributed by atoms with Gasteiger partial charge in [-0.3, -0.25) is 37.3 Å². The lowest BCUT2D eigenvalue weighted by Gasteiger charge is -2.21. The first-order valence-corrected chi connectivity index (χ1v) is 38.5. The van der Waals surface area contributed by atoms with Crippen LogP contribution in [0.25, 0.3) is 0 Å². The van der Waals surface area contributed by atoms with Crippen LogP contribution in [0.15, 0.2) is 0 Å². The summed E-state index contributed by atoms with van der Waals surface area (Å²) in [6.07, 6.45) is 7.45. The van der Waals surface area contributed by atoms with Gasteiger partial charge in [0.1, 0.15) is 12.2 Å². The largest absolute Gasteiger partial charge is 0.472 e. The summed E-state index contributed by atoms with van der Waals surface area (Å²) < 4.78 is 69.5. The van der Waals surface area contributed by atoms with Crippen molar-refractivity contribution in [3.05, 3.63) is 0 Å². The summed E-state index contributed by atoms with van der Waals surface area (Å²) in [5.74, 6) is 112. The number of hydrogen-bond donors (Lipinski definition) is 6. The number of hydrogen-bond acceptors (Lipinski definition) is 17. The highest BCUT2D eigenvalue weighted by Crippen LogP contribution is 2.43. The van der Waals surface area contributed by atoms with Crippen LogP contribution < -0.4 is 21.3 Å². The van der Waals surface area contributed by atoms with E-state index in [0.29, 0.717) is 25.7 Å². The molecule has 588 valence electrons. The molecule has 0 spiro atoms. The number of ketones is 2.